The summed E-state index contributed by atoms with van der Waals surface area (Å²) in [6.07, 6.45) is 30.7. The van der Waals surface area contributed by atoms with Gasteiger partial charge in [-0.1, -0.05) is 195 Å². The van der Waals surface area contributed by atoms with E-state index in [-0.39, 0.29) is 10.8 Å². The molecule has 5 aromatic rings. The molecule has 2 nitrogen and oxygen atoms in total. The highest BCUT2D eigenvalue weighted by Gasteiger charge is 2.45. The van der Waals surface area contributed by atoms with Gasteiger partial charge in [0, 0.05) is 47.5 Å². The third-order valence-corrected chi connectivity index (χ3v) is 13.4. The Morgan fingerprint density at radius 3 is 1.88 bits per heavy atom. The fourth-order valence-corrected chi connectivity index (χ4v) is 10.2. The Hall–Kier alpha value is -4.95. The van der Waals surface area contributed by atoms with Crippen LogP contribution in [0.4, 0.5) is 11.4 Å². The molecule has 0 radical (unpaired) electrons. The van der Waals surface area contributed by atoms with Crippen LogP contribution in [-0.4, -0.2) is 23.4 Å². The Morgan fingerprint density at radius 2 is 1.18 bits per heavy atom. The molecule has 60 heavy (non-hydrogen) atoms. The van der Waals surface area contributed by atoms with Crippen LogP contribution < -0.4 is 4.90 Å². The number of hydrogen-bond acceptors (Lipinski definition) is 1. The molecule has 0 saturated carbocycles. The highest BCUT2D eigenvalue weighted by atomic mass is 15.2. The van der Waals surface area contributed by atoms with Crippen molar-refractivity contribution in [3.63, 3.8) is 0 Å². The maximum atomic E-state index is 2.64. The van der Waals surface area contributed by atoms with Crippen molar-refractivity contribution in [1.29, 1.82) is 0 Å². The lowest BCUT2D eigenvalue weighted by molar-refractivity contribution is -0.438. The number of rotatable bonds is 20. The minimum Gasteiger partial charge on any atom is -0.344 e. The predicted molar refractivity (Wildman–Crippen MR) is 262 cm³/mol. The molecule has 312 valence electrons. The van der Waals surface area contributed by atoms with Crippen molar-refractivity contribution in [3.8, 4) is 0 Å². The standard InChI is InChI=1S/C58H71N2/c1-7-9-11-13-15-24-42-59-51-40-38-47-32-20-22-34-49(47)55(51)57(3,4)53(59)36-26-30-46(44-45-28-18-17-19-29-45)31-27-37-54-58(5,6)56-50-35-23-21-33-48(50)39-41-52(56)60(54)43-25-16-14-12-10-8-2/h17-23,26-41H,7-16,24-25,42-44H2,1-6H3/q+1. The van der Waals surface area contributed by atoms with E-state index in [4.69, 9.17) is 0 Å². The topological polar surface area (TPSA) is 6.25 Å². The molecular weight excluding hydrogens is 725 g/mol. The molecule has 7 rings (SSSR count). The first-order valence-electron chi connectivity index (χ1n) is 23.5. The van der Waals surface area contributed by atoms with Gasteiger partial charge in [0.2, 0.25) is 5.69 Å². The quantitative estimate of drug-likeness (QED) is 0.0432. The van der Waals surface area contributed by atoms with Crippen molar-refractivity contribution in [3.05, 3.63) is 168 Å². The zero-order chi connectivity index (χ0) is 42.0. The van der Waals surface area contributed by atoms with Crippen LogP contribution in [0.15, 0.2) is 151 Å². The normalized spacial score (nSPS) is 16.7. The van der Waals surface area contributed by atoms with Gasteiger partial charge in [0.25, 0.3) is 0 Å². The van der Waals surface area contributed by atoms with E-state index in [1.54, 1.807) is 0 Å². The van der Waals surface area contributed by atoms with Gasteiger partial charge < -0.3 is 4.90 Å². The molecule has 2 heterocycles. The molecular formula is C58H71N2+. The monoisotopic (exact) mass is 796 g/mol. The highest BCUT2D eigenvalue weighted by Crippen LogP contribution is 2.51. The van der Waals surface area contributed by atoms with E-state index in [0.717, 1.165) is 19.5 Å². The number of hydrogen-bond donors (Lipinski definition) is 0. The maximum Gasteiger partial charge on any atom is 0.210 e. The molecule has 5 aromatic carbocycles. The van der Waals surface area contributed by atoms with E-state index >= 15 is 0 Å². The fraction of sp³-hybridized carbons (Fsp3) is 0.397. The second kappa shape index (κ2) is 20.1. The van der Waals surface area contributed by atoms with Crippen molar-refractivity contribution >= 4 is 38.6 Å². The van der Waals surface area contributed by atoms with E-state index < -0.39 is 0 Å². The van der Waals surface area contributed by atoms with Crippen LogP contribution in [-0.2, 0) is 17.3 Å². The summed E-state index contributed by atoms with van der Waals surface area (Å²) >= 11 is 0. The fourth-order valence-electron chi connectivity index (χ4n) is 10.2. The third kappa shape index (κ3) is 9.49. The van der Waals surface area contributed by atoms with E-state index in [0.29, 0.717) is 0 Å². The number of allylic oxidation sites excluding steroid dienone is 8. The van der Waals surface area contributed by atoms with Crippen LogP contribution in [0.5, 0.6) is 0 Å². The van der Waals surface area contributed by atoms with Crippen LogP contribution in [0.2, 0.25) is 0 Å². The molecule has 0 N–H and O–H groups in total. The molecule has 0 aliphatic carbocycles. The number of fused-ring (bicyclic) bond motifs is 6. The Balaban J connectivity index is 1.22. The minimum absolute atomic E-state index is 0.116. The molecule has 2 heteroatoms. The zero-order valence-corrected chi connectivity index (χ0v) is 37.8. The molecule has 0 atom stereocenters. The molecule has 0 unspecified atom stereocenters. The van der Waals surface area contributed by atoms with Crippen molar-refractivity contribution < 1.29 is 4.58 Å². The molecule has 0 saturated heterocycles. The minimum atomic E-state index is -0.116. The lowest BCUT2D eigenvalue weighted by Crippen LogP contribution is -2.28. The second-order valence-corrected chi connectivity index (χ2v) is 18.5. The number of unbranched alkanes of at least 4 members (excludes halogenated alkanes) is 10. The largest absolute Gasteiger partial charge is 0.344 e. The second-order valence-electron chi connectivity index (χ2n) is 18.5. The Morgan fingerprint density at radius 1 is 0.583 bits per heavy atom. The van der Waals surface area contributed by atoms with E-state index in [1.807, 2.05) is 0 Å². The SMILES string of the molecule is CCCCCCCCN1C(=CC=CC(=CC=CC2=[N+](CCCCCCCC)c3ccc4ccccc4c3C2(C)C)Cc2ccccc2)C(C)(C)c2c1ccc1ccccc21. The number of anilines is 1. The zero-order valence-electron chi connectivity index (χ0n) is 37.8. The third-order valence-electron chi connectivity index (χ3n) is 13.4. The van der Waals surface area contributed by atoms with Crippen molar-refractivity contribution in [1.82, 2.24) is 0 Å². The van der Waals surface area contributed by atoms with Gasteiger partial charge in [-0.05, 0) is 89.6 Å². The smallest absolute Gasteiger partial charge is 0.210 e. The Labute approximate surface area is 363 Å². The molecule has 0 aromatic heterocycles. The van der Waals surface area contributed by atoms with Gasteiger partial charge in [0.1, 0.15) is 6.54 Å². The molecule has 0 fully saturated rings. The predicted octanol–water partition coefficient (Wildman–Crippen LogP) is 16.1. The van der Waals surface area contributed by atoms with Crippen molar-refractivity contribution in [2.45, 2.75) is 136 Å². The summed E-state index contributed by atoms with van der Waals surface area (Å²) in [4.78, 5) is 2.64. The Bertz CT molecular complexity index is 2380. The lowest BCUT2D eigenvalue weighted by atomic mass is 9.79. The summed E-state index contributed by atoms with van der Waals surface area (Å²) in [5, 5.41) is 5.41. The van der Waals surface area contributed by atoms with Gasteiger partial charge >= 0.3 is 0 Å². The van der Waals surface area contributed by atoms with Crippen LogP contribution >= 0.6 is 0 Å². The first-order chi connectivity index (χ1) is 29.3. The summed E-state index contributed by atoms with van der Waals surface area (Å²) in [5.41, 5.74) is 10.9. The number of nitrogens with zero attached hydrogens (tertiary/aromatic N) is 2. The molecule has 0 bridgehead atoms. The average Bonchev–Trinajstić information content (AvgIpc) is 3.61. The van der Waals surface area contributed by atoms with Crippen molar-refractivity contribution in [2.75, 3.05) is 18.0 Å². The molecule has 2 aliphatic heterocycles. The maximum absolute atomic E-state index is 2.64. The van der Waals surface area contributed by atoms with E-state index in [2.05, 4.69) is 191 Å². The Kier molecular flexibility index (Phi) is 14.4. The van der Waals surface area contributed by atoms with Gasteiger partial charge in [0.15, 0.2) is 5.71 Å². The van der Waals surface area contributed by atoms with Crippen LogP contribution in [0.25, 0.3) is 21.5 Å². The molecule has 2 aliphatic rings. The lowest BCUT2D eigenvalue weighted by Gasteiger charge is -2.27. The summed E-state index contributed by atoms with van der Waals surface area (Å²) in [6, 6.07) is 38.3. The van der Waals surface area contributed by atoms with Gasteiger partial charge in [-0.25, -0.2) is 0 Å². The van der Waals surface area contributed by atoms with Gasteiger partial charge in [-0.15, -0.1) is 0 Å². The first-order valence-corrected chi connectivity index (χ1v) is 23.5. The van der Waals surface area contributed by atoms with Gasteiger partial charge in [0.05, 0.1) is 5.41 Å². The summed E-state index contributed by atoms with van der Waals surface area (Å²) in [7, 11) is 0. The van der Waals surface area contributed by atoms with Gasteiger partial charge in [-0.2, -0.15) is 4.58 Å². The molecule has 0 amide bonds. The number of benzene rings is 5. The first kappa shape index (κ1) is 43.1. The van der Waals surface area contributed by atoms with Crippen LogP contribution in [0.3, 0.4) is 0 Å². The van der Waals surface area contributed by atoms with Gasteiger partial charge in [-0.3, -0.25) is 0 Å². The molecule has 0 spiro atoms. The van der Waals surface area contributed by atoms with Crippen molar-refractivity contribution in [2.24, 2.45) is 0 Å². The summed E-state index contributed by atoms with van der Waals surface area (Å²) in [5.74, 6) is 0. The van der Waals surface area contributed by atoms with E-state index in [9.17, 15) is 0 Å². The summed E-state index contributed by atoms with van der Waals surface area (Å²) < 4.78 is 2.64. The highest BCUT2D eigenvalue weighted by molar-refractivity contribution is 6.07. The van der Waals surface area contributed by atoms with Crippen LogP contribution in [0, 0.1) is 0 Å². The average molecular weight is 796 g/mol. The van der Waals surface area contributed by atoms with Crippen LogP contribution in [0.1, 0.15) is 135 Å². The summed E-state index contributed by atoms with van der Waals surface area (Å²) in [6.45, 7) is 16.4. The van der Waals surface area contributed by atoms with E-state index in [1.165, 1.54) is 144 Å².